The zero-order chi connectivity index (χ0) is 17.8. The Morgan fingerprint density at radius 2 is 2.04 bits per heavy atom. The molecule has 2 fully saturated rings. The van der Waals surface area contributed by atoms with Gasteiger partial charge in [0, 0.05) is 31.9 Å². The van der Waals surface area contributed by atoms with Crippen LogP contribution < -0.4 is 0 Å². The van der Waals surface area contributed by atoms with Gasteiger partial charge in [0.25, 0.3) is 11.7 Å². The lowest BCUT2D eigenvalue weighted by atomic mass is 9.86. The summed E-state index contributed by atoms with van der Waals surface area (Å²) in [7, 11) is 0. The Hall–Kier alpha value is -1.69. The molecule has 25 heavy (non-hydrogen) atoms. The number of ether oxygens (including phenoxy) is 1. The lowest BCUT2D eigenvalue weighted by Gasteiger charge is -2.37. The van der Waals surface area contributed by atoms with E-state index in [4.69, 9.17) is 4.74 Å². The first-order valence-corrected chi connectivity index (χ1v) is 9.57. The third-order valence-corrected chi connectivity index (χ3v) is 5.53. The lowest BCUT2D eigenvalue weighted by molar-refractivity contribution is -0.131. The van der Waals surface area contributed by atoms with Crippen molar-refractivity contribution in [1.82, 2.24) is 14.7 Å². The van der Waals surface area contributed by atoms with Gasteiger partial charge in [-0.25, -0.2) is 0 Å². The first-order chi connectivity index (χ1) is 12.1. The molecular formula is C19H29N3O3. The lowest BCUT2D eigenvalue weighted by Crippen LogP contribution is -2.48. The normalized spacial score (nSPS) is 26.6. The molecule has 0 N–H and O–H groups in total. The van der Waals surface area contributed by atoms with Crippen LogP contribution in [0, 0.1) is 5.92 Å². The van der Waals surface area contributed by atoms with Crippen LogP contribution in [0.2, 0.25) is 0 Å². The molecule has 0 unspecified atom stereocenters. The summed E-state index contributed by atoms with van der Waals surface area (Å²) in [5, 5.41) is 4.12. The minimum absolute atomic E-state index is 0.0643. The van der Waals surface area contributed by atoms with E-state index in [1.165, 1.54) is 6.20 Å². The summed E-state index contributed by atoms with van der Waals surface area (Å²) in [6.07, 6.45) is 9.39. The smallest absolute Gasteiger partial charge is 0.295 e. The quantitative estimate of drug-likeness (QED) is 0.586. The predicted octanol–water partition coefficient (Wildman–Crippen LogP) is 2.67. The molecule has 1 amide bonds. The van der Waals surface area contributed by atoms with Gasteiger partial charge >= 0.3 is 0 Å². The number of carbonyl (C=O) groups excluding carboxylic acids is 2. The molecule has 6 nitrogen and oxygen atoms in total. The van der Waals surface area contributed by atoms with Crippen LogP contribution in [0.15, 0.2) is 12.4 Å². The minimum atomic E-state index is -0.448. The van der Waals surface area contributed by atoms with Crippen molar-refractivity contribution in [2.24, 2.45) is 5.92 Å². The van der Waals surface area contributed by atoms with E-state index in [-0.39, 0.29) is 12.1 Å². The topological polar surface area (TPSA) is 64.4 Å². The van der Waals surface area contributed by atoms with Crippen molar-refractivity contribution in [3.05, 3.63) is 18.0 Å². The number of Topliss-reactive ketones (excluding diaryl/α,β-unsaturated/α-hetero) is 1. The van der Waals surface area contributed by atoms with E-state index < -0.39 is 11.7 Å². The molecule has 1 atom stereocenters. The molecule has 138 valence electrons. The second kappa shape index (κ2) is 8.13. The number of nitrogens with zero attached hydrogens (tertiary/aromatic N) is 3. The summed E-state index contributed by atoms with van der Waals surface area (Å²) < 4.78 is 7.40. The van der Waals surface area contributed by atoms with Gasteiger partial charge in [0.1, 0.15) is 0 Å². The fourth-order valence-corrected chi connectivity index (χ4v) is 3.87. The van der Waals surface area contributed by atoms with Gasteiger partial charge in [-0.15, -0.1) is 0 Å². The van der Waals surface area contributed by atoms with Crippen LogP contribution in [0.3, 0.4) is 0 Å². The highest BCUT2D eigenvalue weighted by Gasteiger charge is 2.34. The predicted molar refractivity (Wildman–Crippen MR) is 94.3 cm³/mol. The largest absolute Gasteiger partial charge is 0.376 e. The summed E-state index contributed by atoms with van der Waals surface area (Å²) in [5.41, 5.74) is 0.383. The summed E-state index contributed by atoms with van der Waals surface area (Å²) in [6.45, 7) is 6.18. The highest BCUT2D eigenvalue weighted by molar-refractivity contribution is 6.42. The Labute approximate surface area is 149 Å². The monoisotopic (exact) mass is 347 g/mol. The number of carbonyl (C=O) groups is 2. The Balaban J connectivity index is 1.74. The molecule has 1 aromatic heterocycles. The Bertz CT molecular complexity index is 599. The maximum absolute atomic E-state index is 13.0. The fraction of sp³-hybridized carbons (Fsp3) is 0.737. The molecule has 0 radical (unpaired) electrons. The van der Waals surface area contributed by atoms with E-state index in [2.05, 4.69) is 12.0 Å². The highest BCUT2D eigenvalue weighted by Crippen LogP contribution is 2.28. The molecule has 6 heteroatoms. The van der Waals surface area contributed by atoms with Gasteiger partial charge in [-0.3, -0.25) is 14.3 Å². The van der Waals surface area contributed by atoms with Crippen molar-refractivity contribution >= 4 is 11.7 Å². The van der Waals surface area contributed by atoms with Gasteiger partial charge in [-0.2, -0.15) is 5.10 Å². The SMILES string of the molecule is CCn1cc(C(=O)C(=O)N(C[C@H]2CCCO2)C2CCC(C)CC2)cn1. The van der Waals surface area contributed by atoms with Crippen molar-refractivity contribution < 1.29 is 14.3 Å². The van der Waals surface area contributed by atoms with Crippen molar-refractivity contribution in [1.29, 1.82) is 0 Å². The molecule has 1 saturated carbocycles. The molecular weight excluding hydrogens is 318 g/mol. The van der Waals surface area contributed by atoms with E-state index in [9.17, 15) is 9.59 Å². The number of rotatable bonds is 6. The van der Waals surface area contributed by atoms with Crippen LogP contribution in [0.1, 0.15) is 62.7 Å². The minimum Gasteiger partial charge on any atom is -0.376 e. The van der Waals surface area contributed by atoms with E-state index in [0.29, 0.717) is 24.6 Å². The third kappa shape index (κ3) is 4.29. The van der Waals surface area contributed by atoms with Crippen molar-refractivity contribution in [3.8, 4) is 0 Å². The van der Waals surface area contributed by atoms with Crippen LogP contribution in [0.4, 0.5) is 0 Å². The average molecular weight is 347 g/mol. The Morgan fingerprint density at radius 3 is 2.64 bits per heavy atom. The number of aryl methyl sites for hydroxylation is 1. The van der Waals surface area contributed by atoms with Gasteiger partial charge in [0.15, 0.2) is 0 Å². The summed E-state index contributed by atoms with van der Waals surface area (Å²) in [4.78, 5) is 27.5. The van der Waals surface area contributed by atoms with E-state index >= 15 is 0 Å². The number of hydrogen-bond donors (Lipinski definition) is 0. The fourth-order valence-electron chi connectivity index (χ4n) is 3.87. The number of aromatic nitrogens is 2. The molecule has 3 rings (SSSR count). The van der Waals surface area contributed by atoms with Crippen LogP contribution in [-0.2, 0) is 16.1 Å². The van der Waals surface area contributed by atoms with Crippen molar-refractivity contribution in [3.63, 3.8) is 0 Å². The molecule has 2 heterocycles. The van der Waals surface area contributed by atoms with E-state index in [0.717, 1.165) is 45.1 Å². The summed E-state index contributed by atoms with van der Waals surface area (Å²) in [6, 6.07) is 0.151. The Morgan fingerprint density at radius 1 is 1.28 bits per heavy atom. The second-order valence-corrected chi connectivity index (χ2v) is 7.42. The summed E-state index contributed by atoms with van der Waals surface area (Å²) >= 11 is 0. The average Bonchev–Trinajstić information content (AvgIpc) is 3.31. The first kappa shape index (κ1) is 18.1. The molecule has 1 aromatic rings. The van der Waals surface area contributed by atoms with E-state index in [1.807, 2.05) is 6.92 Å². The van der Waals surface area contributed by atoms with Crippen LogP contribution >= 0.6 is 0 Å². The van der Waals surface area contributed by atoms with Crippen molar-refractivity contribution in [2.75, 3.05) is 13.2 Å². The van der Waals surface area contributed by atoms with Gasteiger partial charge in [-0.05, 0) is 51.4 Å². The van der Waals surface area contributed by atoms with Gasteiger partial charge in [0.05, 0.1) is 17.9 Å². The zero-order valence-corrected chi connectivity index (χ0v) is 15.3. The molecule has 0 spiro atoms. The Kier molecular flexibility index (Phi) is 5.89. The molecule has 2 aliphatic rings. The maximum atomic E-state index is 13.0. The van der Waals surface area contributed by atoms with Gasteiger partial charge in [-0.1, -0.05) is 6.92 Å². The molecule has 1 aliphatic carbocycles. The third-order valence-electron chi connectivity index (χ3n) is 5.53. The first-order valence-electron chi connectivity index (χ1n) is 9.57. The summed E-state index contributed by atoms with van der Waals surface area (Å²) in [5.74, 6) is -0.142. The van der Waals surface area contributed by atoms with Crippen molar-refractivity contribution in [2.45, 2.75) is 71.1 Å². The maximum Gasteiger partial charge on any atom is 0.295 e. The highest BCUT2D eigenvalue weighted by atomic mass is 16.5. The standard InChI is InChI=1S/C19H29N3O3/c1-3-21-12-15(11-20-21)18(23)19(24)22(13-17-5-4-10-25-17)16-8-6-14(2)7-9-16/h11-12,14,16-17H,3-10,13H2,1-2H3/t14?,16?,17-/m1/s1. The van der Waals surface area contributed by atoms with Crippen LogP contribution in [-0.4, -0.2) is 51.7 Å². The molecule has 0 aromatic carbocycles. The number of amides is 1. The van der Waals surface area contributed by atoms with Crippen LogP contribution in [0.5, 0.6) is 0 Å². The van der Waals surface area contributed by atoms with E-state index in [1.54, 1.807) is 15.8 Å². The van der Waals surface area contributed by atoms with Gasteiger partial charge < -0.3 is 9.64 Å². The zero-order valence-electron chi connectivity index (χ0n) is 15.3. The molecule has 1 saturated heterocycles. The van der Waals surface area contributed by atoms with Gasteiger partial charge in [0.2, 0.25) is 0 Å². The number of ketones is 1. The molecule has 0 bridgehead atoms. The second-order valence-electron chi connectivity index (χ2n) is 7.42. The molecule has 1 aliphatic heterocycles. The number of hydrogen-bond acceptors (Lipinski definition) is 4. The van der Waals surface area contributed by atoms with Crippen LogP contribution in [0.25, 0.3) is 0 Å².